The molecule has 0 spiro atoms. The summed E-state index contributed by atoms with van der Waals surface area (Å²) >= 11 is 1.51. The summed E-state index contributed by atoms with van der Waals surface area (Å²) in [6.07, 6.45) is 0. The van der Waals surface area contributed by atoms with Gasteiger partial charge in [0.1, 0.15) is 10.8 Å². The van der Waals surface area contributed by atoms with Gasteiger partial charge in [0.2, 0.25) is 5.91 Å². The SMILES string of the molecule is CCOc1ccccc1N1CCN(C(=O)c2c(NC(=O)C3C(C)(C)C3(C)C)sc(C)c2C)CC1. The smallest absolute Gasteiger partial charge is 0.257 e. The second-order valence-electron chi connectivity index (χ2n) is 10.5. The highest BCUT2D eigenvalue weighted by Gasteiger charge is 2.68. The predicted octanol–water partition coefficient (Wildman–Crippen LogP) is 5.35. The fraction of sp³-hybridized carbons (Fsp3) is 0.556. The first-order chi connectivity index (χ1) is 16.0. The Hall–Kier alpha value is -2.54. The van der Waals surface area contributed by atoms with Crippen LogP contribution < -0.4 is 15.0 Å². The number of amides is 2. The van der Waals surface area contributed by atoms with E-state index in [2.05, 4.69) is 44.0 Å². The molecule has 4 rings (SSSR count). The minimum atomic E-state index is -0.0559. The summed E-state index contributed by atoms with van der Waals surface area (Å²) < 4.78 is 5.80. The second-order valence-corrected chi connectivity index (χ2v) is 11.8. The zero-order valence-electron chi connectivity index (χ0n) is 21.4. The Morgan fingerprint density at radius 1 is 1.06 bits per heavy atom. The van der Waals surface area contributed by atoms with Gasteiger partial charge in [-0.15, -0.1) is 11.3 Å². The Bertz CT molecular complexity index is 1080. The Kier molecular flexibility index (Phi) is 6.44. The lowest BCUT2D eigenvalue weighted by molar-refractivity contribution is -0.118. The number of nitrogens with zero attached hydrogens (tertiary/aromatic N) is 2. The van der Waals surface area contributed by atoms with Crippen molar-refractivity contribution >= 4 is 33.8 Å². The van der Waals surface area contributed by atoms with Crippen LogP contribution in [0.2, 0.25) is 0 Å². The number of piperazine rings is 1. The highest BCUT2D eigenvalue weighted by Crippen LogP contribution is 2.68. The molecule has 1 saturated carbocycles. The van der Waals surface area contributed by atoms with Crippen molar-refractivity contribution in [2.24, 2.45) is 16.7 Å². The Morgan fingerprint density at radius 2 is 1.68 bits per heavy atom. The van der Waals surface area contributed by atoms with Gasteiger partial charge in [-0.05, 0) is 49.3 Å². The summed E-state index contributed by atoms with van der Waals surface area (Å²) in [5.41, 5.74) is 2.59. The maximum absolute atomic E-state index is 13.6. The van der Waals surface area contributed by atoms with E-state index in [0.717, 1.165) is 35.0 Å². The summed E-state index contributed by atoms with van der Waals surface area (Å²) in [4.78, 5) is 32.0. The number of thiophene rings is 1. The number of para-hydroxylation sites is 2. The number of carbonyl (C=O) groups is 2. The molecule has 1 saturated heterocycles. The van der Waals surface area contributed by atoms with Crippen LogP contribution in [-0.4, -0.2) is 49.5 Å². The second kappa shape index (κ2) is 8.91. The van der Waals surface area contributed by atoms with Crippen molar-refractivity contribution in [1.29, 1.82) is 0 Å². The van der Waals surface area contributed by atoms with Crippen LogP contribution in [0, 0.1) is 30.6 Å². The van der Waals surface area contributed by atoms with E-state index < -0.39 is 0 Å². The van der Waals surface area contributed by atoms with Gasteiger partial charge < -0.3 is 19.9 Å². The number of rotatable bonds is 6. The van der Waals surface area contributed by atoms with E-state index in [4.69, 9.17) is 4.74 Å². The minimum absolute atomic E-state index is 0.00390. The predicted molar refractivity (Wildman–Crippen MR) is 139 cm³/mol. The van der Waals surface area contributed by atoms with Crippen LogP contribution in [0.1, 0.15) is 55.4 Å². The molecule has 0 bridgehead atoms. The van der Waals surface area contributed by atoms with E-state index in [0.29, 0.717) is 30.3 Å². The molecule has 1 aromatic heterocycles. The number of carbonyl (C=O) groups excluding carboxylic acids is 2. The van der Waals surface area contributed by atoms with Crippen molar-refractivity contribution in [3.8, 4) is 5.75 Å². The molecule has 1 aromatic carbocycles. The molecule has 2 fully saturated rings. The molecule has 34 heavy (non-hydrogen) atoms. The van der Waals surface area contributed by atoms with Crippen LogP contribution in [0.4, 0.5) is 10.7 Å². The van der Waals surface area contributed by atoms with E-state index in [1.54, 1.807) is 0 Å². The van der Waals surface area contributed by atoms with Crippen molar-refractivity contribution in [2.45, 2.75) is 48.5 Å². The third kappa shape index (κ3) is 4.08. The van der Waals surface area contributed by atoms with E-state index in [9.17, 15) is 9.59 Å². The number of anilines is 2. The van der Waals surface area contributed by atoms with Crippen LogP contribution in [0.3, 0.4) is 0 Å². The number of hydrogen-bond donors (Lipinski definition) is 1. The molecule has 2 heterocycles. The van der Waals surface area contributed by atoms with Crippen molar-refractivity contribution in [2.75, 3.05) is 43.0 Å². The molecule has 2 aliphatic rings. The van der Waals surface area contributed by atoms with Gasteiger partial charge >= 0.3 is 0 Å². The van der Waals surface area contributed by atoms with Gasteiger partial charge in [0.25, 0.3) is 5.91 Å². The maximum atomic E-state index is 13.6. The minimum Gasteiger partial charge on any atom is -0.492 e. The summed E-state index contributed by atoms with van der Waals surface area (Å²) in [6, 6.07) is 8.06. The standard InChI is InChI=1S/C27H37N3O3S/c1-8-33-20-12-10-9-11-19(20)29-13-15-30(16-14-29)25(32)21-17(2)18(3)34-24(21)28-23(31)22-26(4,5)27(22,6)7/h9-12,22H,8,13-16H2,1-7H3,(H,28,31). The van der Waals surface area contributed by atoms with Gasteiger partial charge in [0.05, 0.1) is 17.9 Å². The maximum Gasteiger partial charge on any atom is 0.257 e. The van der Waals surface area contributed by atoms with E-state index >= 15 is 0 Å². The molecule has 7 heteroatoms. The summed E-state index contributed by atoms with van der Waals surface area (Å²) in [5.74, 6) is 0.844. The molecule has 0 radical (unpaired) electrons. The quantitative estimate of drug-likeness (QED) is 0.602. The van der Waals surface area contributed by atoms with Crippen LogP contribution in [0.25, 0.3) is 0 Å². The molecule has 6 nitrogen and oxygen atoms in total. The zero-order valence-corrected chi connectivity index (χ0v) is 22.3. The fourth-order valence-electron chi connectivity index (χ4n) is 5.31. The van der Waals surface area contributed by atoms with Crippen molar-refractivity contribution < 1.29 is 14.3 Å². The first-order valence-electron chi connectivity index (χ1n) is 12.2. The lowest BCUT2D eigenvalue weighted by atomic mass is 10.0. The monoisotopic (exact) mass is 483 g/mol. The van der Waals surface area contributed by atoms with Crippen LogP contribution in [-0.2, 0) is 4.79 Å². The molecule has 0 atom stereocenters. The van der Waals surface area contributed by atoms with Gasteiger partial charge in [0.15, 0.2) is 0 Å². The number of nitrogens with one attached hydrogen (secondary N) is 1. The van der Waals surface area contributed by atoms with Gasteiger partial charge in [-0.2, -0.15) is 0 Å². The highest BCUT2D eigenvalue weighted by molar-refractivity contribution is 7.16. The lowest BCUT2D eigenvalue weighted by Crippen LogP contribution is -2.49. The largest absolute Gasteiger partial charge is 0.492 e. The van der Waals surface area contributed by atoms with Crippen LogP contribution in [0.15, 0.2) is 24.3 Å². The van der Waals surface area contributed by atoms with Gasteiger partial charge in [-0.25, -0.2) is 0 Å². The molecular formula is C27H37N3O3S. The molecule has 0 unspecified atom stereocenters. The molecule has 2 aromatic rings. The van der Waals surface area contributed by atoms with E-state index in [1.165, 1.54) is 11.3 Å². The van der Waals surface area contributed by atoms with Gasteiger partial charge in [-0.1, -0.05) is 39.8 Å². The number of aryl methyl sites for hydroxylation is 1. The summed E-state index contributed by atoms with van der Waals surface area (Å²) in [5, 5.41) is 3.81. The van der Waals surface area contributed by atoms with Gasteiger partial charge in [0, 0.05) is 37.0 Å². The molecule has 2 amide bonds. The Morgan fingerprint density at radius 3 is 2.26 bits per heavy atom. The van der Waals surface area contributed by atoms with Crippen LogP contribution in [0.5, 0.6) is 5.75 Å². The third-order valence-corrected chi connectivity index (χ3v) is 9.31. The Labute approximate surface area is 207 Å². The molecule has 1 aliphatic carbocycles. The number of hydrogen-bond acceptors (Lipinski definition) is 5. The zero-order chi connectivity index (χ0) is 24.8. The fourth-order valence-corrected chi connectivity index (χ4v) is 6.37. The van der Waals surface area contributed by atoms with Gasteiger partial charge in [-0.3, -0.25) is 9.59 Å². The molecule has 1 aliphatic heterocycles. The topological polar surface area (TPSA) is 61.9 Å². The summed E-state index contributed by atoms with van der Waals surface area (Å²) in [7, 11) is 0. The normalized spacial score (nSPS) is 19.1. The van der Waals surface area contributed by atoms with Crippen molar-refractivity contribution in [3.63, 3.8) is 0 Å². The summed E-state index contributed by atoms with van der Waals surface area (Å²) in [6.45, 7) is 17.9. The molecule has 184 valence electrons. The number of ether oxygens (including phenoxy) is 1. The average molecular weight is 484 g/mol. The van der Waals surface area contributed by atoms with Crippen molar-refractivity contribution in [1.82, 2.24) is 4.90 Å². The van der Waals surface area contributed by atoms with E-state index in [-0.39, 0.29) is 28.6 Å². The first kappa shape index (κ1) is 24.6. The first-order valence-corrected chi connectivity index (χ1v) is 13.0. The van der Waals surface area contributed by atoms with E-state index in [1.807, 2.05) is 43.9 Å². The number of benzene rings is 1. The molecule has 1 N–H and O–H groups in total. The Balaban J connectivity index is 1.48. The average Bonchev–Trinajstić information content (AvgIpc) is 3.04. The molecular weight excluding hydrogens is 446 g/mol. The van der Waals surface area contributed by atoms with Crippen LogP contribution >= 0.6 is 11.3 Å². The van der Waals surface area contributed by atoms with Crippen molar-refractivity contribution in [3.05, 3.63) is 40.3 Å². The highest BCUT2D eigenvalue weighted by atomic mass is 32.1. The third-order valence-electron chi connectivity index (χ3n) is 8.19. The lowest BCUT2D eigenvalue weighted by Gasteiger charge is -2.36.